The quantitative estimate of drug-likeness (QED) is 0.325. The molecule has 2 N–H and O–H groups in total. The molecule has 5 aliphatic rings. The van der Waals surface area contributed by atoms with Crippen LogP contribution in [0.1, 0.15) is 73.4 Å². The topological polar surface area (TPSA) is 105 Å². The number of ether oxygens (including phenoxy) is 2. The lowest BCUT2D eigenvalue weighted by Gasteiger charge is -2.51. The highest BCUT2D eigenvalue weighted by molar-refractivity contribution is 8.17. The third-order valence-corrected chi connectivity index (χ3v) is 17.2. The predicted octanol–water partition coefficient (Wildman–Crippen LogP) is 6.83. The van der Waals surface area contributed by atoms with Gasteiger partial charge < -0.3 is 19.5 Å². The van der Waals surface area contributed by atoms with Crippen LogP contribution in [-0.2, 0) is 26.6 Å². The van der Waals surface area contributed by atoms with Crippen molar-refractivity contribution in [3.05, 3.63) is 70.3 Å². The van der Waals surface area contributed by atoms with Gasteiger partial charge in [0.15, 0.2) is 0 Å². The molecular formula is C38H49ClN2O6S3. The van der Waals surface area contributed by atoms with Crippen molar-refractivity contribution in [2.45, 2.75) is 79.1 Å². The number of nitrogens with one attached hydrogen (secondary N) is 1. The molecule has 50 heavy (non-hydrogen) atoms. The molecule has 3 heterocycles. The molecule has 2 aromatic rings. The highest BCUT2D eigenvalue weighted by Crippen LogP contribution is 2.53. The van der Waals surface area contributed by atoms with Gasteiger partial charge in [0.05, 0.1) is 22.1 Å². The number of methoxy groups -OCH3 is 1. The Morgan fingerprint density at radius 2 is 1.96 bits per heavy atom. The molecule has 1 saturated carbocycles. The number of allylic oxidation sites excluding steroid dienone is 1. The highest BCUT2D eigenvalue weighted by atomic mass is 35.5. The number of anilines is 1. The van der Waals surface area contributed by atoms with Gasteiger partial charge in [-0.1, -0.05) is 36.7 Å². The molecule has 0 aromatic heterocycles. The van der Waals surface area contributed by atoms with Gasteiger partial charge in [0.25, 0.3) is 5.91 Å². The van der Waals surface area contributed by atoms with Crippen molar-refractivity contribution < 1.29 is 27.8 Å². The maximum absolute atomic E-state index is 13.9. The first-order chi connectivity index (χ1) is 24.0. The van der Waals surface area contributed by atoms with Gasteiger partial charge in [0.1, 0.15) is 11.4 Å². The number of aryl methyl sites for hydroxylation is 1. The van der Waals surface area contributed by atoms with Crippen molar-refractivity contribution in [2.24, 2.45) is 17.8 Å². The van der Waals surface area contributed by atoms with Crippen LogP contribution in [0.3, 0.4) is 0 Å². The summed E-state index contributed by atoms with van der Waals surface area (Å²) in [4.78, 5) is 16.1. The Labute approximate surface area is 310 Å². The standard InChI is InChI=1S/C38H49ClN2O6S3/c1-25-6-3-16-38(43,36-48-18-5-19-49-36)31-11-8-28(31)22-41-23-37(15-4-7-26-20-29(39)10-12-30(26)37)24-47-33-13-9-27(21-32(33)41)35(42)40-50(44,45)34(25)14-17-46-2/h3,9-10,12-13,16,20-21,25,28,31,34,36,43H,4-8,11,14-15,17-19,22-24H2,1-2H3,(H,40,42)/b16-3+/t25-,28-,31+,34+,37-,38-/m0/s1. The summed E-state index contributed by atoms with van der Waals surface area (Å²) in [6.07, 6.45) is 10.7. The lowest BCUT2D eigenvalue weighted by Crippen LogP contribution is -2.55. The second-order valence-electron chi connectivity index (χ2n) is 15.0. The van der Waals surface area contributed by atoms with Crippen LogP contribution in [-0.4, -0.2) is 79.8 Å². The zero-order valence-electron chi connectivity index (χ0n) is 28.9. The van der Waals surface area contributed by atoms with Crippen LogP contribution in [0.25, 0.3) is 0 Å². The van der Waals surface area contributed by atoms with Gasteiger partial charge in [0.2, 0.25) is 10.0 Å². The smallest absolute Gasteiger partial charge is 0.264 e. The minimum absolute atomic E-state index is 0.00877. The molecule has 1 saturated heterocycles. The van der Waals surface area contributed by atoms with Gasteiger partial charge in [-0.05, 0) is 122 Å². The first kappa shape index (κ1) is 36.5. The van der Waals surface area contributed by atoms with Gasteiger partial charge in [-0.3, -0.25) is 4.79 Å². The lowest BCUT2D eigenvalue weighted by atomic mass is 9.64. The van der Waals surface area contributed by atoms with E-state index in [1.54, 1.807) is 19.2 Å². The monoisotopic (exact) mass is 760 g/mol. The molecule has 2 aromatic carbocycles. The molecule has 1 spiro atoms. The van der Waals surface area contributed by atoms with E-state index < -0.39 is 26.8 Å². The molecule has 7 rings (SSSR count). The second-order valence-corrected chi connectivity index (χ2v) is 20.0. The molecule has 272 valence electrons. The minimum atomic E-state index is -4.07. The number of aliphatic hydroxyl groups is 1. The van der Waals surface area contributed by atoms with Crippen LogP contribution in [0.4, 0.5) is 5.69 Å². The largest absolute Gasteiger partial charge is 0.490 e. The van der Waals surface area contributed by atoms with Crippen molar-refractivity contribution >= 4 is 56.7 Å². The summed E-state index contributed by atoms with van der Waals surface area (Å²) in [5.74, 6) is 2.03. The van der Waals surface area contributed by atoms with Crippen LogP contribution in [0.5, 0.6) is 5.75 Å². The summed E-state index contributed by atoms with van der Waals surface area (Å²) < 4.78 is 42.1. The zero-order valence-corrected chi connectivity index (χ0v) is 32.1. The molecule has 6 atom stereocenters. The first-order valence-electron chi connectivity index (χ1n) is 18.0. The van der Waals surface area contributed by atoms with E-state index in [1.807, 2.05) is 54.7 Å². The minimum Gasteiger partial charge on any atom is -0.490 e. The number of sulfonamides is 1. The molecule has 2 aliphatic carbocycles. The third-order valence-electron chi connectivity index (χ3n) is 11.7. The van der Waals surface area contributed by atoms with Crippen LogP contribution < -0.4 is 14.4 Å². The fraction of sp³-hybridized carbons (Fsp3) is 0.605. The third kappa shape index (κ3) is 7.08. The maximum Gasteiger partial charge on any atom is 0.264 e. The number of hydrogen-bond donors (Lipinski definition) is 2. The van der Waals surface area contributed by atoms with Crippen molar-refractivity contribution in [2.75, 3.05) is 49.8 Å². The summed E-state index contributed by atoms with van der Waals surface area (Å²) in [5.41, 5.74) is 2.24. The average molecular weight is 761 g/mol. The van der Waals surface area contributed by atoms with Crippen molar-refractivity contribution in [1.82, 2.24) is 4.72 Å². The first-order valence-corrected chi connectivity index (χ1v) is 22.0. The molecule has 0 unspecified atom stereocenters. The normalized spacial score (nSPS) is 33.6. The Kier molecular flexibility index (Phi) is 10.8. The number of fused-ring (bicyclic) bond motifs is 4. The molecule has 2 bridgehead atoms. The number of rotatable bonds is 4. The van der Waals surface area contributed by atoms with E-state index in [9.17, 15) is 18.3 Å². The second kappa shape index (κ2) is 14.9. The number of carbonyl (C=O) groups excluding carboxylic acids is 1. The summed E-state index contributed by atoms with van der Waals surface area (Å²) in [6, 6.07) is 11.5. The van der Waals surface area contributed by atoms with Crippen LogP contribution >= 0.6 is 35.1 Å². The van der Waals surface area contributed by atoms with Gasteiger partial charge >= 0.3 is 0 Å². The van der Waals surface area contributed by atoms with Gasteiger partial charge in [-0.15, -0.1) is 23.5 Å². The number of amides is 1. The summed E-state index contributed by atoms with van der Waals surface area (Å²) in [5, 5.41) is 12.6. The molecule has 8 nitrogen and oxygen atoms in total. The van der Waals surface area contributed by atoms with E-state index in [2.05, 4.69) is 21.8 Å². The van der Waals surface area contributed by atoms with E-state index >= 15 is 0 Å². The van der Waals surface area contributed by atoms with E-state index in [-0.39, 0.29) is 46.3 Å². The zero-order chi connectivity index (χ0) is 35.1. The van der Waals surface area contributed by atoms with E-state index in [1.165, 1.54) is 11.1 Å². The summed E-state index contributed by atoms with van der Waals surface area (Å²) >= 11 is 10.2. The average Bonchev–Trinajstić information content (AvgIpc) is 3.23. The van der Waals surface area contributed by atoms with Gasteiger partial charge in [-0.25, -0.2) is 13.1 Å². The summed E-state index contributed by atoms with van der Waals surface area (Å²) in [7, 11) is -2.52. The number of nitrogens with zero attached hydrogens (tertiary/aromatic N) is 1. The maximum atomic E-state index is 13.9. The van der Waals surface area contributed by atoms with Gasteiger partial charge in [0, 0.05) is 42.8 Å². The van der Waals surface area contributed by atoms with Gasteiger partial charge in [-0.2, -0.15) is 0 Å². The van der Waals surface area contributed by atoms with E-state index in [4.69, 9.17) is 21.1 Å². The number of carbonyl (C=O) groups is 1. The molecular weight excluding hydrogens is 712 g/mol. The highest BCUT2D eigenvalue weighted by Gasteiger charge is 2.52. The Morgan fingerprint density at radius 1 is 1.14 bits per heavy atom. The SMILES string of the molecule is COCC[C@@H]1[C@@H](C)C/C=C/[C@@](O)(C2SCCCS2)[C@@H]2CC[C@H]2CN2C[C@@]3(CCCc4cc(Cl)ccc43)COc3ccc(cc32)C(=O)NS1(=O)=O. The molecule has 12 heteroatoms. The number of hydrogen-bond acceptors (Lipinski definition) is 9. The number of thioether (sulfide) groups is 2. The Morgan fingerprint density at radius 3 is 2.72 bits per heavy atom. The predicted molar refractivity (Wildman–Crippen MR) is 204 cm³/mol. The summed E-state index contributed by atoms with van der Waals surface area (Å²) in [6.45, 7) is 4.01. The number of benzene rings is 2. The number of halogens is 1. The fourth-order valence-corrected chi connectivity index (χ4v) is 14.0. The van der Waals surface area contributed by atoms with Crippen molar-refractivity contribution in [1.29, 1.82) is 0 Å². The van der Waals surface area contributed by atoms with E-state index in [0.717, 1.165) is 60.7 Å². The fourth-order valence-electron chi connectivity index (χ4n) is 8.93. The van der Waals surface area contributed by atoms with Crippen LogP contribution in [0.2, 0.25) is 5.02 Å². The van der Waals surface area contributed by atoms with Crippen LogP contribution in [0, 0.1) is 17.8 Å². The Balaban J connectivity index is 1.32. The molecule has 3 aliphatic heterocycles. The lowest BCUT2D eigenvalue weighted by molar-refractivity contribution is -0.0333. The molecule has 0 radical (unpaired) electrons. The Bertz CT molecular complexity index is 1720. The molecule has 2 fully saturated rings. The Hall–Kier alpha value is -1.89. The van der Waals surface area contributed by atoms with E-state index in [0.29, 0.717) is 31.9 Å². The molecule has 1 amide bonds. The van der Waals surface area contributed by atoms with Crippen molar-refractivity contribution in [3.8, 4) is 5.75 Å². The van der Waals surface area contributed by atoms with Crippen LogP contribution in [0.15, 0.2) is 48.6 Å². The van der Waals surface area contributed by atoms with Crippen molar-refractivity contribution in [3.63, 3.8) is 0 Å².